The van der Waals surface area contributed by atoms with Crippen molar-refractivity contribution in [2.24, 2.45) is 0 Å². The molecule has 3 aromatic rings. The van der Waals surface area contributed by atoms with E-state index in [0.717, 1.165) is 18.6 Å². The highest BCUT2D eigenvalue weighted by atomic mass is 16.5. The fourth-order valence-electron chi connectivity index (χ4n) is 3.25. The number of rotatable bonds is 4. The topological polar surface area (TPSA) is 68.5 Å². The van der Waals surface area contributed by atoms with Crippen LogP contribution in [0.3, 0.4) is 0 Å². The van der Waals surface area contributed by atoms with E-state index in [9.17, 15) is 9.59 Å². The first-order chi connectivity index (χ1) is 12.7. The van der Waals surface area contributed by atoms with Gasteiger partial charge in [0.05, 0.1) is 11.5 Å². The fraction of sp³-hybridized carbons (Fsp3) is 0.238. The zero-order chi connectivity index (χ0) is 17.9. The largest absolute Gasteiger partial charge is 0.490 e. The summed E-state index contributed by atoms with van der Waals surface area (Å²) < 4.78 is 11.5. The molecule has 1 aliphatic rings. The van der Waals surface area contributed by atoms with Crippen LogP contribution in [0.25, 0.3) is 11.0 Å². The molecule has 1 heterocycles. The number of carbonyl (C=O) groups is 1. The Morgan fingerprint density at radius 1 is 1.04 bits per heavy atom. The molecule has 0 radical (unpaired) electrons. The highest BCUT2D eigenvalue weighted by Gasteiger charge is 2.17. The summed E-state index contributed by atoms with van der Waals surface area (Å²) in [4.78, 5) is 24.6. The minimum Gasteiger partial charge on any atom is -0.490 e. The number of benzene rings is 2. The Balaban J connectivity index is 1.53. The first-order valence-electron chi connectivity index (χ1n) is 8.80. The van der Waals surface area contributed by atoms with Crippen molar-refractivity contribution in [3.05, 3.63) is 70.6 Å². The molecule has 0 saturated heterocycles. The van der Waals surface area contributed by atoms with Crippen LogP contribution < -0.4 is 15.5 Å². The molecule has 5 heteroatoms. The van der Waals surface area contributed by atoms with E-state index in [2.05, 4.69) is 5.32 Å². The van der Waals surface area contributed by atoms with Crippen molar-refractivity contribution < 1.29 is 13.9 Å². The summed E-state index contributed by atoms with van der Waals surface area (Å²) in [6.45, 7) is 0. The van der Waals surface area contributed by atoms with Crippen LogP contribution >= 0.6 is 0 Å². The predicted octanol–water partition coefficient (Wildman–Crippen LogP) is 4.37. The van der Waals surface area contributed by atoms with Crippen molar-refractivity contribution in [3.63, 3.8) is 0 Å². The molecule has 1 N–H and O–H groups in total. The Morgan fingerprint density at radius 2 is 1.85 bits per heavy atom. The summed E-state index contributed by atoms with van der Waals surface area (Å²) in [5, 5.41) is 3.22. The van der Waals surface area contributed by atoms with E-state index in [1.54, 1.807) is 36.4 Å². The monoisotopic (exact) mass is 349 g/mol. The van der Waals surface area contributed by atoms with Gasteiger partial charge < -0.3 is 14.5 Å². The minimum absolute atomic E-state index is 0.0178. The third-order valence-electron chi connectivity index (χ3n) is 4.56. The minimum atomic E-state index is -0.467. The van der Waals surface area contributed by atoms with Crippen molar-refractivity contribution in [1.29, 1.82) is 0 Å². The maximum atomic E-state index is 12.5. The van der Waals surface area contributed by atoms with Crippen molar-refractivity contribution in [2.75, 3.05) is 5.32 Å². The lowest BCUT2D eigenvalue weighted by atomic mass is 10.2. The Hall–Kier alpha value is -3.08. The Labute approximate surface area is 150 Å². The lowest BCUT2D eigenvalue weighted by Gasteiger charge is -2.14. The lowest BCUT2D eigenvalue weighted by molar-refractivity contribution is 0.0997. The number of nitrogens with one attached hydrogen (secondary N) is 1. The van der Waals surface area contributed by atoms with Crippen molar-refractivity contribution in [3.8, 4) is 5.75 Å². The number of hydrogen-bond donors (Lipinski definition) is 1. The van der Waals surface area contributed by atoms with E-state index in [0.29, 0.717) is 16.7 Å². The molecule has 1 aliphatic carbocycles. The van der Waals surface area contributed by atoms with E-state index in [-0.39, 0.29) is 17.3 Å². The van der Waals surface area contributed by atoms with Crippen molar-refractivity contribution >= 4 is 22.6 Å². The number of anilines is 1. The van der Waals surface area contributed by atoms with Gasteiger partial charge in [-0.2, -0.15) is 0 Å². The van der Waals surface area contributed by atoms with Gasteiger partial charge >= 0.3 is 0 Å². The molecule has 4 rings (SSSR count). The summed E-state index contributed by atoms with van der Waals surface area (Å²) in [5.41, 5.74) is 0.750. The van der Waals surface area contributed by atoms with E-state index in [1.165, 1.54) is 18.9 Å². The molecule has 0 unspecified atom stereocenters. The summed E-state index contributed by atoms with van der Waals surface area (Å²) >= 11 is 0. The number of ether oxygens (including phenoxy) is 1. The van der Waals surface area contributed by atoms with Crippen LogP contribution in [-0.2, 0) is 0 Å². The zero-order valence-corrected chi connectivity index (χ0v) is 14.2. The fourth-order valence-corrected chi connectivity index (χ4v) is 3.25. The van der Waals surface area contributed by atoms with Gasteiger partial charge in [-0.25, -0.2) is 0 Å². The first kappa shape index (κ1) is 16.4. The summed E-state index contributed by atoms with van der Waals surface area (Å²) in [6.07, 6.45) is 4.78. The van der Waals surface area contributed by atoms with Crippen LogP contribution in [-0.4, -0.2) is 12.0 Å². The second kappa shape index (κ2) is 7.04. The summed E-state index contributed by atoms with van der Waals surface area (Å²) in [6, 6.07) is 15.4. The molecule has 1 amide bonds. The van der Waals surface area contributed by atoms with Gasteiger partial charge in [-0.15, -0.1) is 0 Å². The van der Waals surface area contributed by atoms with Crippen LogP contribution in [0.15, 0.2) is 63.8 Å². The van der Waals surface area contributed by atoms with Gasteiger partial charge in [-0.3, -0.25) is 9.59 Å². The van der Waals surface area contributed by atoms with E-state index < -0.39 is 5.91 Å². The second-order valence-electron chi connectivity index (χ2n) is 6.48. The maximum Gasteiger partial charge on any atom is 0.291 e. The van der Waals surface area contributed by atoms with Gasteiger partial charge in [0.15, 0.2) is 11.2 Å². The molecule has 0 atom stereocenters. The third-order valence-corrected chi connectivity index (χ3v) is 4.56. The molecule has 2 aromatic carbocycles. The molecule has 0 spiro atoms. The lowest BCUT2D eigenvalue weighted by Crippen LogP contribution is -2.15. The number of carbonyl (C=O) groups excluding carboxylic acids is 1. The van der Waals surface area contributed by atoms with E-state index >= 15 is 0 Å². The van der Waals surface area contributed by atoms with Gasteiger partial charge in [-0.05, 0) is 49.9 Å². The highest BCUT2D eigenvalue weighted by Crippen LogP contribution is 2.26. The molecular formula is C21H19NO4. The van der Waals surface area contributed by atoms with Crippen LogP contribution in [0.2, 0.25) is 0 Å². The van der Waals surface area contributed by atoms with Crippen molar-refractivity contribution in [1.82, 2.24) is 0 Å². The molecule has 1 aromatic heterocycles. The van der Waals surface area contributed by atoms with Crippen LogP contribution in [0.4, 0.5) is 5.69 Å². The van der Waals surface area contributed by atoms with Gasteiger partial charge in [0.1, 0.15) is 11.3 Å². The molecule has 1 fully saturated rings. The van der Waals surface area contributed by atoms with Gasteiger partial charge in [0, 0.05) is 17.8 Å². The number of fused-ring (bicyclic) bond motifs is 1. The van der Waals surface area contributed by atoms with Crippen molar-refractivity contribution in [2.45, 2.75) is 31.8 Å². The predicted molar refractivity (Wildman–Crippen MR) is 99.8 cm³/mol. The standard InChI is InChI=1S/C21H19NO4/c23-18-13-20(26-19-11-4-3-10-17(18)19)21(24)22-14-6-5-9-16(12-14)25-15-7-1-2-8-15/h3-6,9-13,15H,1-2,7-8H2,(H,22,24). The average Bonchev–Trinajstić information content (AvgIpc) is 3.15. The maximum absolute atomic E-state index is 12.5. The highest BCUT2D eigenvalue weighted by molar-refractivity contribution is 6.03. The molecule has 26 heavy (non-hydrogen) atoms. The quantitative estimate of drug-likeness (QED) is 0.759. The Bertz CT molecular complexity index is 1000. The summed E-state index contributed by atoms with van der Waals surface area (Å²) in [5.74, 6) is 0.247. The van der Waals surface area contributed by atoms with Gasteiger partial charge in [0.2, 0.25) is 0 Å². The molecule has 1 saturated carbocycles. The third kappa shape index (κ3) is 3.47. The normalized spacial score (nSPS) is 14.5. The van der Waals surface area contributed by atoms with Gasteiger partial charge in [0.25, 0.3) is 5.91 Å². The van der Waals surface area contributed by atoms with Gasteiger partial charge in [-0.1, -0.05) is 18.2 Å². The molecule has 0 bridgehead atoms. The number of para-hydroxylation sites is 1. The Morgan fingerprint density at radius 3 is 2.69 bits per heavy atom. The SMILES string of the molecule is O=C(Nc1cccc(OC2CCCC2)c1)c1cc(=O)c2ccccc2o1. The zero-order valence-electron chi connectivity index (χ0n) is 14.2. The average molecular weight is 349 g/mol. The first-order valence-corrected chi connectivity index (χ1v) is 8.80. The summed E-state index contributed by atoms with van der Waals surface area (Å²) in [7, 11) is 0. The molecule has 5 nitrogen and oxygen atoms in total. The van der Waals surface area contributed by atoms with E-state index in [1.807, 2.05) is 12.1 Å². The second-order valence-corrected chi connectivity index (χ2v) is 6.48. The molecular weight excluding hydrogens is 330 g/mol. The van der Waals surface area contributed by atoms with Crippen LogP contribution in [0.5, 0.6) is 5.75 Å². The Kier molecular flexibility index (Phi) is 4.44. The molecule has 132 valence electrons. The smallest absolute Gasteiger partial charge is 0.291 e. The number of amides is 1. The molecule has 0 aliphatic heterocycles. The van der Waals surface area contributed by atoms with Crippen LogP contribution in [0, 0.1) is 0 Å². The van der Waals surface area contributed by atoms with Crippen LogP contribution in [0.1, 0.15) is 36.2 Å². The number of hydrogen-bond acceptors (Lipinski definition) is 4. The van der Waals surface area contributed by atoms with E-state index in [4.69, 9.17) is 9.15 Å².